The molecule has 3 aliphatic rings. The maximum Gasteiger partial charge on any atom is 0.247 e. The Kier molecular flexibility index (Phi) is 4.21. The number of nitrogens with zero attached hydrogens (tertiary/aromatic N) is 3. The van der Waals surface area contributed by atoms with E-state index in [4.69, 9.17) is 5.73 Å². The SMILES string of the molecule is CN1C(=O)[C@]2(C(C#N)=C(N)N(c3ccc(F)cc3F)C3=C2C(=O)CCC3)c2ccccc21. The summed E-state index contributed by atoms with van der Waals surface area (Å²) in [6.07, 6.45) is 1.02. The summed E-state index contributed by atoms with van der Waals surface area (Å²) < 4.78 is 28.4. The molecule has 2 aliphatic heterocycles. The van der Waals surface area contributed by atoms with Gasteiger partial charge in [-0.05, 0) is 31.0 Å². The lowest BCUT2D eigenvalue weighted by Crippen LogP contribution is -2.52. The van der Waals surface area contributed by atoms with Gasteiger partial charge in [-0.3, -0.25) is 14.5 Å². The fourth-order valence-electron chi connectivity index (χ4n) is 5.17. The monoisotopic (exact) mass is 432 g/mol. The van der Waals surface area contributed by atoms with Crippen molar-refractivity contribution in [2.45, 2.75) is 24.7 Å². The Labute approximate surface area is 182 Å². The summed E-state index contributed by atoms with van der Waals surface area (Å²) in [5.41, 5.74) is 6.11. The van der Waals surface area contributed by atoms with Crippen LogP contribution in [0.15, 0.2) is 65.1 Å². The number of benzene rings is 2. The number of Topliss-reactive ketones (excluding diaryl/α,β-unsaturated/α-hetero) is 1. The molecule has 1 aliphatic carbocycles. The summed E-state index contributed by atoms with van der Waals surface area (Å²) in [7, 11) is 1.58. The van der Waals surface area contributed by atoms with Crippen LogP contribution in [0.4, 0.5) is 20.2 Å². The molecule has 0 aromatic heterocycles. The number of nitrogens with two attached hydrogens (primary N) is 1. The molecule has 0 saturated carbocycles. The number of allylic oxidation sites excluding steroid dienone is 1. The summed E-state index contributed by atoms with van der Waals surface area (Å²) in [5, 5.41) is 10.2. The number of fused-ring (bicyclic) bond motifs is 3. The molecule has 1 spiro atoms. The molecule has 1 amide bonds. The van der Waals surface area contributed by atoms with Gasteiger partial charge in [-0.15, -0.1) is 0 Å². The van der Waals surface area contributed by atoms with E-state index >= 15 is 0 Å². The lowest BCUT2D eigenvalue weighted by atomic mass is 9.64. The highest BCUT2D eigenvalue weighted by Gasteiger charge is 2.61. The lowest BCUT2D eigenvalue weighted by molar-refractivity contribution is -0.124. The third-order valence-electron chi connectivity index (χ3n) is 6.46. The predicted molar refractivity (Wildman–Crippen MR) is 113 cm³/mol. The molecule has 6 nitrogen and oxygen atoms in total. The molecule has 2 heterocycles. The van der Waals surface area contributed by atoms with Gasteiger partial charge in [0.25, 0.3) is 0 Å². The minimum atomic E-state index is -1.69. The van der Waals surface area contributed by atoms with Crippen molar-refractivity contribution in [2.24, 2.45) is 5.73 Å². The molecule has 0 saturated heterocycles. The van der Waals surface area contributed by atoms with Crippen molar-refractivity contribution >= 4 is 23.1 Å². The molecule has 2 aromatic carbocycles. The van der Waals surface area contributed by atoms with Crippen LogP contribution in [0, 0.1) is 23.0 Å². The molecule has 0 fully saturated rings. The number of likely N-dealkylation sites (N-methyl/N-ethyl adjacent to an activating group) is 1. The van der Waals surface area contributed by atoms with Gasteiger partial charge in [0.2, 0.25) is 5.91 Å². The third kappa shape index (κ3) is 2.31. The first kappa shape index (κ1) is 19.9. The summed E-state index contributed by atoms with van der Waals surface area (Å²) in [6.45, 7) is 0. The summed E-state index contributed by atoms with van der Waals surface area (Å²) in [4.78, 5) is 29.8. The highest BCUT2D eigenvalue weighted by atomic mass is 19.1. The summed E-state index contributed by atoms with van der Waals surface area (Å²) in [5.74, 6) is -2.55. The number of hydrogen-bond acceptors (Lipinski definition) is 5. The van der Waals surface area contributed by atoms with Crippen molar-refractivity contribution in [3.05, 3.63) is 82.3 Å². The van der Waals surface area contributed by atoms with Crippen LogP contribution in [-0.4, -0.2) is 18.7 Å². The molecule has 5 rings (SSSR count). The smallest absolute Gasteiger partial charge is 0.247 e. The molecule has 160 valence electrons. The second kappa shape index (κ2) is 6.76. The zero-order chi connectivity index (χ0) is 22.8. The first-order chi connectivity index (χ1) is 15.3. The van der Waals surface area contributed by atoms with Gasteiger partial charge in [-0.25, -0.2) is 8.78 Å². The predicted octanol–water partition coefficient (Wildman–Crippen LogP) is 3.40. The molecule has 2 N–H and O–H groups in total. The second-order valence-corrected chi connectivity index (χ2v) is 8.03. The first-order valence-electron chi connectivity index (χ1n) is 10.1. The van der Waals surface area contributed by atoms with Crippen LogP contribution in [0.1, 0.15) is 24.8 Å². The number of carbonyl (C=O) groups is 2. The van der Waals surface area contributed by atoms with E-state index < -0.39 is 23.0 Å². The highest BCUT2D eigenvalue weighted by Crippen LogP contribution is 2.56. The molecule has 0 unspecified atom stereocenters. The summed E-state index contributed by atoms with van der Waals surface area (Å²) in [6, 6.07) is 12.0. The van der Waals surface area contributed by atoms with Crippen LogP contribution in [0.3, 0.4) is 0 Å². The molecule has 8 heteroatoms. The van der Waals surface area contributed by atoms with Crippen molar-refractivity contribution in [3.63, 3.8) is 0 Å². The molecular formula is C24H18F2N4O2. The number of carbonyl (C=O) groups excluding carboxylic acids is 2. The van der Waals surface area contributed by atoms with Crippen molar-refractivity contribution in [3.8, 4) is 6.07 Å². The van der Waals surface area contributed by atoms with Gasteiger partial charge in [0, 0.05) is 42.1 Å². The lowest BCUT2D eigenvalue weighted by Gasteiger charge is -2.43. The number of halogens is 2. The Hall–Kier alpha value is -3.99. The van der Waals surface area contributed by atoms with E-state index in [0.717, 1.165) is 6.07 Å². The van der Waals surface area contributed by atoms with E-state index in [1.165, 1.54) is 15.9 Å². The van der Waals surface area contributed by atoms with Crippen molar-refractivity contribution in [2.75, 3.05) is 16.8 Å². The van der Waals surface area contributed by atoms with Gasteiger partial charge in [0.1, 0.15) is 28.9 Å². The number of hydrogen-bond donors (Lipinski definition) is 1. The molecule has 0 radical (unpaired) electrons. The first-order valence-corrected chi connectivity index (χ1v) is 10.1. The van der Waals surface area contributed by atoms with Crippen molar-refractivity contribution < 1.29 is 18.4 Å². The Morgan fingerprint density at radius 1 is 1.09 bits per heavy atom. The zero-order valence-corrected chi connectivity index (χ0v) is 17.2. The van der Waals surface area contributed by atoms with Crippen LogP contribution in [0.2, 0.25) is 0 Å². The third-order valence-corrected chi connectivity index (χ3v) is 6.46. The standard InChI is InChI=1S/C24H18F2N4O2/c1-29-17-6-3-2-5-14(17)24(23(29)32)15(12-27)22(28)30(18-10-9-13(25)11-16(18)26)19-7-4-8-20(31)21(19)24/h2-3,5-6,9-11H,4,7-8,28H2,1H3/t24-/m0/s1. The van der Waals surface area contributed by atoms with Gasteiger partial charge >= 0.3 is 0 Å². The van der Waals surface area contributed by atoms with Crippen molar-refractivity contribution in [1.82, 2.24) is 0 Å². The van der Waals surface area contributed by atoms with Gasteiger partial charge < -0.3 is 10.6 Å². The van der Waals surface area contributed by atoms with E-state index in [0.29, 0.717) is 35.9 Å². The van der Waals surface area contributed by atoms with Gasteiger partial charge in [0.05, 0.1) is 11.3 Å². The fraction of sp³-hybridized carbons (Fsp3) is 0.208. The van der Waals surface area contributed by atoms with Crippen LogP contribution in [0.5, 0.6) is 0 Å². The molecule has 2 aromatic rings. The van der Waals surface area contributed by atoms with Crippen LogP contribution in [-0.2, 0) is 15.0 Å². The number of ketones is 1. The van der Waals surface area contributed by atoms with Crippen LogP contribution in [0.25, 0.3) is 0 Å². The normalized spacial score (nSPS) is 22.4. The minimum absolute atomic E-state index is 0.0826. The molecular weight excluding hydrogens is 414 g/mol. The van der Waals surface area contributed by atoms with E-state index in [9.17, 15) is 23.6 Å². The van der Waals surface area contributed by atoms with Crippen molar-refractivity contribution in [1.29, 1.82) is 5.26 Å². The van der Waals surface area contributed by atoms with E-state index in [1.54, 1.807) is 31.3 Å². The van der Waals surface area contributed by atoms with Gasteiger partial charge in [0.15, 0.2) is 5.78 Å². The second-order valence-electron chi connectivity index (χ2n) is 8.03. The summed E-state index contributed by atoms with van der Waals surface area (Å²) >= 11 is 0. The van der Waals surface area contributed by atoms with E-state index in [2.05, 4.69) is 0 Å². The van der Waals surface area contributed by atoms with Gasteiger partial charge in [-0.2, -0.15) is 5.26 Å². The molecule has 1 atom stereocenters. The molecule has 32 heavy (non-hydrogen) atoms. The van der Waals surface area contributed by atoms with E-state index in [-0.39, 0.29) is 34.9 Å². The number of anilines is 2. The average molecular weight is 432 g/mol. The Morgan fingerprint density at radius 3 is 2.56 bits per heavy atom. The number of para-hydroxylation sites is 1. The number of rotatable bonds is 1. The maximum absolute atomic E-state index is 14.8. The van der Waals surface area contributed by atoms with E-state index in [1.807, 2.05) is 6.07 Å². The number of amides is 1. The van der Waals surface area contributed by atoms with Crippen LogP contribution >= 0.6 is 0 Å². The quantitative estimate of drug-likeness (QED) is 0.746. The average Bonchev–Trinajstić information content (AvgIpc) is 2.98. The molecule has 0 bridgehead atoms. The maximum atomic E-state index is 14.8. The Morgan fingerprint density at radius 2 is 1.84 bits per heavy atom. The topological polar surface area (TPSA) is 90.4 Å². The highest BCUT2D eigenvalue weighted by molar-refractivity contribution is 6.20. The Bertz CT molecular complexity index is 1320. The van der Waals surface area contributed by atoms with Gasteiger partial charge in [-0.1, -0.05) is 18.2 Å². The van der Waals surface area contributed by atoms with Crippen LogP contribution < -0.4 is 15.5 Å². The Balaban J connectivity index is 1.91. The minimum Gasteiger partial charge on any atom is -0.384 e. The largest absolute Gasteiger partial charge is 0.384 e. The fourth-order valence-corrected chi connectivity index (χ4v) is 5.17. The zero-order valence-electron chi connectivity index (χ0n) is 17.2. The number of nitriles is 1.